The fourth-order valence-electron chi connectivity index (χ4n) is 2.57. The summed E-state index contributed by atoms with van der Waals surface area (Å²) in [5, 5.41) is 10.6. The van der Waals surface area contributed by atoms with Gasteiger partial charge in [0, 0.05) is 29.6 Å². The van der Waals surface area contributed by atoms with Gasteiger partial charge >= 0.3 is 0 Å². The van der Waals surface area contributed by atoms with Crippen LogP contribution in [0.2, 0.25) is 0 Å². The number of H-pyrrole nitrogens is 1. The lowest BCUT2D eigenvalue weighted by atomic mass is 9.84. The van der Waals surface area contributed by atoms with E-state index in [1.165, 1.54) is 6.07 Å². The van der Waals surface area contributed by atoms with Gasteiger partial charge in [0.2, 0.25) is 5.91 Å². The van der Waals surface area contributed by atoms with Gasteiger partial charge in [-0.3, -0.25) is 9.59 Å². The van der Waals surface area contributed by atoms with E-state index in [0.29, 0.717) is 16.8 Å². The van der Waals surface area contributed by atoms with E-state index >= 15 is 0 Å². The average Bonchev–Trinajstić information content (AvgIpc) is 3.10. The number of rotatable bonds is 8. The zero-order valence-electron chi connectivity index (χ0n) is 16.0. The normalized spacial score (nSPS) is 13.4. The Kier molecular flexibility index (Phi) is 6.03. The molecule has 2 rings (SSSR count). The highest BCUT2D eigenvalue weighted by Gasteiger charge is 2.33. The molecule has 0 bridgehead atoms. The zero-order valence-corrected chi connectivity index (χ0v) is 16.0. The molecule has 0 saturated carbocycles. The molecule has 0 aliphatic rings. The molecular weight excluding hydrogens is 361 g/mol. The summed E-state index contributed by atoms with van der Waals surface area (Å²) >= 11 is 0. The predicted molar refractivity (Wildman–Crippen MR) is 107 cm³/mol. The Morgan fingerprint density at radius 3 is 2.46 bits per heavy atom. The molecular formula is C20H24FN5O2. The van der Waals surface area contributed by atoms with E-state index in [9.17, 15) is 14.0 Å². The molecule has 0 radical (unpaired) electrons. The van der Waals surface area contributed by atoms with Gasteiger partial charge in [0.25, 0.3) is 5.91 Å². The first-order valence-corrected chi connectivity index (χ1v) is 8.64. The molecule has 2 aromatic rings. The average molecular weight is 385 g/mol. The van der Waals surface area contributed by atoms with Crippen molar-refractivity contribution in [2.75, 3.05) is 0 Å². The van der Waals surface area contributed by atoms with Crippen molar-refractivity contribution in [3.63, 3.8) is 0 Å². The van der Waals surface area contributed by atoms with Gasteiger partial charge in [-0.15, -0.1) is 0 Å². The fraction of sp³-hybridized carbons (Fsp3) is 0.250. The third-order valence-electron chi connectivity index (χ3n) is 4.89. The summed E-state index contributed by atoms with van der Waals surface area (Å²) in [6.07, 6.45) is 2.42. The van der Waals surface area contributed by atoms with Gasteiger partial charge in [-0.05, 0) is 32.9 Å². The minimum atomic E-state index is -0.947. The second kappa shape index (κ2) is 8.08. The maximum atomic E-state index is 14.1. The number of carbonyl (C=O) groups excluding carboxylic acids is 2. The van der Waals surface area contributed by atoms with E-state index in [0.717, 1.165) is 6.21 Å². The van der Waals surface area contributed by atoms with Crippen molar-refractivity contribution in [3.05, 3.63) is 53.6 Å². The van der Waals surface area contributed by atoms with Crippen molar-refractivity contribution in [2.24, 2.45) is 16.9 Å². The molecule has 1 unspecified atom stereocenters. The number of carbonyl (C=O) groups is 2. The van der Waals surface area contributed by atoms with Crippen LogP contribution in [-0.4, -0.2) is 29.1 Å². The Morgan fingerprint density at radius 2 is 1.93 bits per heavy atom. The smallest absolute Gasteiger partial charge is 0.252 e. The van der Waals surface area contributed by atoms with E-state index < -0.39 is 29.1 Å². The predicted octanol–water partition coefficient (Wildman–Crippen LogP) is 2.16. The molecule has 0 aliphatic heterocycles. The topological polar surface area (TPSA) is 138 Å². The number of primary amides is 2. The minimum absolute atomic E-state index is 0.0888. The van der Waals surface area contributed by atoms with Gasteiger partial charge in [-0.25, -0.2) is 4.39 Å². The highest BCUT2D eigenvalue weighted by Crippen LogP contribution is 2.28. The van der Waals surface area contributed by atoms with Gasteiger partial charge in [-0.2, -0.15) is 0 Å². The molecule has 8 heteroatoms. The largest absolute Gasteiger partial charge is 0.379 e. The van der Waals surface area contributed by atoms with Crippen LogP contribution in [0.5, 0.6) is 0 Å². The van der Waals surface area contributed by atoms with Crippen LogP contribution in [-0.2, 0) is 9.59 Å². The number of nitrogens with two attached hydrogens (primary N) is 2. The lowest BCUT2D eigenvalue weighted by molar-refractivity contribution is -0.127. The summed E-state index contributed by atoms with van der Waals surface area (Å²) in [4.78, 5) is 26.6. The highest BCUT2D eigenvalue weighted by atomic mass is 19.1. The summed E-state index contributed by atoms with van der Waals surface area (Å²) < 4.78 is 14.1. The second-order valence-corrected chi connectivity index (χ2v) is 7.03. The SMILES string of the molecule is CC(N/C(=C(/C=N)C(N)=O)c1cc(-c2ccccc2F)c[nH]1)C(C)(C)C(N)=O. The van der Waals surface area contributed by atoms with E-state index in [1.807, 2.05) is 0 Å². The maximum Gasteiger partial charge on any atom is 0.252 e. The molecule has 0 aliphatic carbocycles. The van der Waals surface area contributed by atoms with Crippen LogP contribution in [0.1, 0.15) is 26.5 Å². The van der Waals surface area contributed by atoms with Crippen LogP contribution in [0.25, 0.3) is 16.8 Å². The molecule has 0 fully saturated rings. The molecule has 1 aromatic heterocycles. The molecule has 7 nitrogen and oxygen atoms in total. The lowest BCUT2D eigenvalue weighted by Crippen LogP contribution is -2.47. The Balaban J connectivity index is 2.53. The Hall–Kier alpha value is -3.42. The number of nitrogens with one attached hydrogen (secondary N) is 3. The van der Waals surface area contributed by atoms with Crippen LogP contribution in [0.4, 0.5) is 4.39 Å². The third-order valence-corrected chi connectivity index (χ3v) is 4.89. The molecule has 1 atom stereocenters. The quantitative estimate of drug-likeness (QED) is 0.351. The zero-order chi connectivity index (χ0) is 21.1. The van der Waals surface area contributed by atoms with Gasteiger partial charge in [0.1, 0.15) is 5.82 Å². The van der Waals surface area contributed by atoms with Gasteiger partial charge in [0.15, 0.2) is 0 Å². The van der Waals surface area contributed by atoms with Crippen LogP contribution in [0, 0.1) is 16.6 Å². The van der Waals surface area contributed by atoms with Gasteiger partial charge in [-0.1, -0.05) is 18.2 Å². The van der Waals surface area contributed by atoms with Crippen LogP contribution >= 0.6 is 0 Å². The number of benzene rings is 1. The molecule has 0 saturated heterocycles. The van der Waals surface area contributed by atoms with Crippen LogP contribution in [0.3, 0.4) is 0 Å². The number of aromatic amines is 1. The first-order valence-electron chi connectivity index (χ1n) is 8.64. The molecule has 1 aromatic carbocycles. The number of hydrogen-bond acceptors (Lipinski definition) is 4. The first kappa shape index (κ1) is 20.9. The van der Waals surface area contributed by atoms with E-state index in [-0.39, 0.29) is 11.3 Å². The van der Waals surface area contributed by atoms with Crippen molar-refractivity contribution >= 4 is 23.7 Å². The molecule has 2 amide bonds. The maximum absolute atomic E-state index is 14.1. The molecule has 7 N–H and O–H groups in total. The fourth-order valence-corrected chi connectivity index (χ4v) is 2.57. The van der Waals surface area contributed by atoms with Gasteiger partial charge < -0.3 is 27.2 Å². The molecule has 148 valence electrons. The highest BCUT2D eigenvalue weighted by molar-refractivity contribution is 6.16. The second-order valence-electron chi connectivity index (χ2n) is 7.03. The summed E-state index contributed by atoms with van der Waals surface area (Å²) in [5.41, 5.74) is 11.4. The summed E-state index contributed by atoms with van der Waals surface area (Å²) in [6, 6.07) is 7.42. The van der Waals surface area contributed by atoms with Crippen molar-refractivity contribution in [3.8, 4) is 11.1 Å². The summed E-state index contributed by atoms with van der Waals surface area (Å²) in [5.74, 6) is -1.73. The third kappa shape index (κ3) is 4.11. The molecule has 0 spiro atoms. The Morgan fingerprint density at radius 1 is 1.29 bits per heavy atom. The van der Waals surface area contributed by atoms with Crippen molar-refractivity contribution < 1.29 is 14.0 Å². The van der Waals surface area contributed by atoms with E-state index in [2.05, 4.69) is 10.3 Å². The van der Waals surface area contributed by atoms with E-state index in [4.69, 9.17) is 16.9 Å². The van der Waals surface area contributed by atoms with Crippen LogP contribution in [0.15, 0.2) is 42.1 Å². The lowest BCUT2D eigenvalue weighted by Gasteiger charge is -2.31. The minimum Gasteiger partial charge on any atom is -0.379 e. The Labute approximate surface area is 162 Å². The van der Waals surface area contributed by atoms with E-state index in [1.54, 1.807) is 51.2 Å². The molecule has 1 heterocycles. The monoisotopic (exact) mass is 385 g/mol. The summed E-state index contributed by atoms with van der Waals surface area (Å²) in [7, 11) is 0. The number of amides is 2. The van der Waals surface area contributed by atoms with Gasteiger partial charge in [0.05, 0.1) is 22.4 Å². The van der Waals surface area contributed by atoms with Crippen molar-refractivity contribution in [1.82, 2.24) is 10.3 Å². The summed E-state index contributed by atoms with van der Waals surface area (Å²) in [6.45, 7) is 5.06. The first-order chi connectivity index (χ1) is 13.1. The standard InChI is InChI=1S/C20H24FN5O2/c1-11(20(2,3)19(24)28)26-17(14(9-22)18(23)27)16-8-12(10-25-16)13-6-4-5-7-15(13)21/h4-11,22,25-26H,1-3H3,(H2,23,27)(H2,24,28)/b17-14-,22-9?. The number of hydrogen-bond donors (Lipinski definition) is 5. The molecule has 28 heavy (non-hydrogen) atoms. The number of aromatic nitrogens is 1. The number of halogens is 1. The van der Waals surface area contributed by atoms with Crippen molar-refractivity contribution in [2.45, 2.75) is 26.8 Å². The Bertz CT molecular complexity index is 946. The van der Waals surface area contributed by atoms with Crippen molar-refractivity contribution in [1.29, 1.82) is 5.41 Å². The van der Waals surface area contributed by atoms with Crippen LogP contribution < -0.4 is 16.8 Å².